The smallest absolute Gasteiger partial charge is 0.264 e. The number of amides is 1. The minimum atomic E-state index is -4.08. The molecule has 3 aromatic rings. The second-order valence-electron chi connectivity index (χ2n) is 7.33. The minimum absolute atomic E-state index is 0.0303. The Labute approximate surface area is 175 Å². The highest BCUT2D eigenvalue weighted by Crippen LogP contribution is 2.51. The van der Waals surface area contributed by atoms with Crippen molar-refractivity contribution in [3.8, 4) is 5.88 Å². The number of fused-ring (bicyclic) bond motifs is 1. The van der Waals surface area contributed by atoms with E-state index < -0.39 is 21.3 Å². The zero-order valence-corrected chi connectivity index (χ0v) is 17.7. The van der Waals surface area contributed by atoms with E-state index in [-0.39, 0.29) is 4.90 Å². The number of hydrogen-bond donors (Lipinski definition) is 1. The van der Waals surface area contributed by atoms with Crippen LogP contribution in [0.2, 0.25) is 0 Å². The van der Waals surface area contributed by atoms with Crippen LogP contribution in [0, 0.1) is 0 Å². The Morgan fingerprint density at radius 2 is 1.97 bits per heavy atom. The summed E-state index contributed by atoms with van der Waals surface area (Å²) in [6.07, 6.45) is 5.16. The summed E-state index contributed by atoms with van der Waals surface area (Å²) in [5, 5.41) is 0.467. The second-order valence-corrected chi connectivity index (χ2v) is 8.98. The largest absolute Gasteiger partial charge is 0.478 e. The first-order valence-corrected chi connectivity index (χ1v) is 11.4. The Bertz CT molecular complexity index is 1210. The van der Waals surface area contributed by atoms with Crippen LogP contribution in [0.3, 0.4) is 0 Å². The lowest BCUT2D eigenvalue weighted by Gasteiger charge is -2.19. The summed E-state index contributed by atoms with van der Waals surface area (Å²) in [6, 6.07) is 10.1. The average molecular weight is 426 g/mol. The summed E-state index contributed by atoms with van der Waals surface area (Å²) in [4.78, 5) is 21.8. The van der Waals surface area contributed by atoms with Crippen molar-refractivity contribution in [3.63, 3.8) is 0 Å². The molecule has 0 bridgehead atoms. The summed E-state index contributed by atoms with van der Waals surface area (Å²) in [7, 11) is -4.08. The molecule has 30 heavy (non-hydrogen) atoms. The van der Waals surface area contributed by atoms with Crippen molar-refractivity contribution in [2.45, 2.75) is 43.4 Å². The molecule has 1 aromatic carbocycles. The average Bonchev–Trinajstić information content (AvgIpc) is 3.55. The highest BCUT2D eigenvalue weighted by molar-refractivity contribution is 7.90. The topological polar surface area (TPSA) is 98.2 Å². The van der Waals surface area contributed by atoms with Crippen molar-refractivity contribution in [3.05, 3.63) is 59.9 Å². The van der Waals surface area contributed by atoms with Gasteiger partial charge in [-0.15, -0.1) is 0 Å². The van der Waals surface area contributed by atoms with Crippen molar-refractivity contribution >= 4 is 26.8 Å². The summed E-state index contributed by atoms with van der Waals surface area (Å²) < 4.78 is 34.1. The molecule has 0 radical (unpaired) electrons. The van der Waals surface area contributed by atoms with E-state index in [2.05, 4.69) is 14.7 Å². The standard InChI is InChI=1S/C22H23N3O4S/c1-3-15-13-17(20(24-14-15)29-4-2)22(10-11-22)21(26)25-30(27,28)19-9-5-8-18-16(19)7-6-12-23-18/h5-9,12-14H,3-4,10-11H2,1-2H3,(H,25,26). The molecule has 0 unspecified atom stereocenters. The second kappa shape index (κ2) is 7.68. The van der Waals surface area contributed by atoms with E-state index >= 15 is 0 Å². The van der Waals surface area contributed by atoms with Gasteiger partial charge in [-0.3, -0.25) is 9.78 Å². The Hall–Kier alpha value is -3.00. The Kier molecular flexibility index (Phi) is 5.19. The molecule has 4 rings (SSSR count). The SMILES string of the molecule is CCOc1ncc(CC)cc1C1(C(=O)NS(=O)(=O)c2cccc3ncccc23)CC1. The number of carbonyl (C=O) groups excluding carboxylic acids is 1. The van der Waals surface area contributed by atoms with Crippen LogP contribution in [0.15, 0.2) is 53.7 Å². The fourth-order valence-electron chi connectivity index (χ4n) is 3.61. The summed E-state index contributed by atoms with van der Waals surface area (Å²) in [5.41, 5.74) is 1.22. The zero-order valence-electron chi connectivity index (χ0n) is 16.9. The number of benzene rings is 1. The first-order valence-electron chi connectivity index (χ1n) is 9.94. The number of sulfonamides is 1. The Morgan fingerprint density at radius 1 is 1.17 bits per heavy atom. The third kappa shape index (κ3) is 3.52. The maximum atomic E-state index is 13.2. The summed E-state index contributed by atoms with van der Waals surface area (Å²) >= 11 is 0. The number of ether oxygens (including phenoxy) is 1. The molecule has 1 amide bonds. The summed E-state index contributed by atoms with van der Waals surface area (Å²) in [5.74, 6) is -0.173. The maximum absolute atomic E-state index is 13.2. The number of aryl methyl sites for hydroxylation is 1. The number of carbonyl (C=O) groups is 1. The van der Waals surface area contributed by atoms with Crippen molar-refractivity contribution in [1.82, 2.24) is 14.7 Å². The molecule has 1 saturated carbocycles. The molecule has 1 fully saturated rings. The molecule has 2 heterocycles. The van der Waals surface area contributed by atoms with Gasteiger partial charge in [-0.05, 0) is 62.1 Å². The highest BCUT2D eigenvalue weighted by atomic mass is 32.2. The molecule has 0 atom stereocenters. The van der Waals surface area contributed by atoms with E-state index in [0.29, 0.717) is 41.8 Å². The molecule has 1 aliphatic rings. The number of nitrogens with zero attached hydrogens (tertiary/aromatic N) is 2. The zero-order chi connectivity index (χ0) is 21.4. The first kappa shape index (κ1) is 20.3. The van der Waals surface area contributed by atoms with E-state index in [0.717, 1.165) is 12.0 Å². The van der Waals surface area contributed by atoms with Gasteiger partial charge in [0.2, 0.25) is 11.8 Å². The number of hydrogen-bond acceptors (Lipinski definition) is 6. The fraction of sp³-hybridized carbons (Fsp3) is 0.318. The van der Waals surface area contributed by atoms with Gasteiger partial charge in [-0.1, -0.05) is 13.0 Å². The maximum Gasteiger partial charge on any atom is 0.264 e. The van der Waals surface area contributed by atoms with Crippen LogP contribution < -0.4 is 9.46 Å². The quantitative estimate of drug-likeness (QED) is 0.625. The number of nitrogens with one attached hydrogen (secondary N) is 1. The van der Waals surface area contributed by atoms with Gasteiger partial charge >= 0.3 is 0 Å². The highest BCUT2D eigenvalue weighted by Gasteiger charge is 2.54. The van der Waals surface area contributed by atoms with Gasteiger partial charge in [0.1, 0.15) is 0 Å². The lowest BCUT2D eigenvalue weighted by atomic mass is 9.94. The van der Waals surface area contributed by atoms with Crippen molar-refractivity contribution in [2.24, 2.45) is 0 Å². The normalized spacial score (nSPS) is 15.0. The van der Waals surface area contributed by atoms with Gasteiger partial charge in [-0.2, -0.15) is 0 Å². The monoisotopic (exact) mass is 425 g/mol. The van der Waals surface area contributed by atoms with Crippen molar-refractivity contribution in [2.75, 3.05) is 6.61 Å². The number of aromatic nitrogens is 2. The number of rotatable bonds is 7. The van der Waals surface area contributed by atoms with Crippen LogP contribution in [0.5, 0.6) is 5.88 Å². The van der Waals surface area contributed by atoms with Gasteiger partial charge in [0.25, 0.3) is 10.0 Å². The molecule has 0 saturated heterocycles. The van der Waals surface area contributed by atoms with E-state index in [9.17, 15) is 13.2 Å². The fourth-order valence-corrected chi connectivity index (χ4v) is 4.88. The molecule has 156 valence electrons. The predicted octanol–water partition coefficient (Wildman–Crippen LogP) is 3.13. The Morgan fingerprint density at radius 3 is 2.67 bits per heavy atom. The van der Waals surface area contributed by atoms with Crippen LogP contribution >= 0.6 is 0 Å². The molecule has 0 spiro atoms. The molecule has 7 nitrogen and oxygen atoms in total. The van der Waals surface area contributed by atoms with Crippen molar-refractivity contribution in [1.29, 1.82) is 0 Å². The predicted molar refractivity (Wildman–Crippen MR) is 113 cm³/mol. The molecule has 2 aromatic heterocycles. The third-order valence-corrected chi connectivity index (χ3v) is 6.81. The lowest BCUT2D eigenvalue weighted by molar-refractivity contribution is -0.121. The van der Waals surface area contributed by atoms with E-state index in [1.165, 1.54) is 6.07 Å². The van der Waals surface area contributed by atoms with Crippen LogP contribution in [-0.4, -0.2) is 30.9 Å². The minimum Gasteiger partial charge on any atom is -0.478 e. The van der Waals surface area contributed by atoms with Gasteiger partial charge in [0.15, 0.2) is 0 Å². The summed E-state index contributed by atoms with van der Waals surface area (Å²) in [6.45, 7) is 4.25. The number of pyridine rings is 2. The van der Waals surface area contributed by atoms with Crippen LogP contribution in [0.4, 0.5) is 0 Å². The molecular formula is C22H23N3O4S. The Balaban J connectivity index is 1.70. The molecule has 1 N–H and O–H groups in total. The first-order chi connectivity index (χ1) is 14.4. The molecule has 1 aliphatic carbocycles. The molecule has 0 aliphatic heterocycles. The van der Waals surface area contributed by atoms with Crippen molar-refractivity contribution < 1.29 is 17.9 Å². The van der Waals surface area contributed by atoms with Gasteiger partial charge in [0.05, 0.1) is 22.4 Å². The van der Waals surface area contributed by atoms with Gasteiger partial charge < -0.3 is 4.74 Å². The van der Waals surface area contributed by atoms with Crippen LogP contribution in [-0.2, 0) is 26.7 Å². The van der Waals surface area contributed by atoms with Gasteiger partial charge in [-0.25, -0.2) is 18.1 Å². The van der Waals surface area contributed by atoms with E-state index in [4.69, 9.17) is 4.74 Å². The third-order valence-electron chi connectivity index (χ3n) is 5.42. The van der Waals surface area contributed by atoms with E-state index in [1.807, 2.05) is 19.9 Å². The van der Waals surface area contributed by atoms with Gasteiger partial charge in [0, 0.05) is 23.3 Å². The lowest BCUT2D eigenvalue weighted by Crippen LogP contribution is -2.39. The van der Waals surface area contributed by atoms with Crippen LogP contribution in [0.1, 0.15) is 37.8 Å². The molecular weight excluding hydrogens is 402 g/mol. The van der Waals surface area contributed by atoms with E-state index in [1.54, 1.807) is 36.7 Å². The van der Waals surface area contributed by atoms with Crippen LogP contribution in [0.25, 0.3) is 10.9 Å². The molecule has 8 heteroatoms.